The molecule has 0 bridgehead atoms. The van der Waals surface area contributed by atoms with E-state index in [-0.39, 0.29) is 24.1 Å². The van der Waals surface area contributed by atoms with Crippen LogP contribution in [-0.4, -0.2) is 43.3 Å². The van der Waals surface area contributed by atoms with Crippen LogP contribution >= 0.6 is 0 Å². The van der Waals surface area contributed by atoms with Crippen molar-refractivity contribution in [3.05, 3.63) is 59.7 Å². The first-order valence-electron chi connectivity index (χ1n) is 10.3. The number of rotatable bonds is 6. The molecule has 2 aromatic rings. The second kappa shape index (κ2) is 9.11. The zero-order chi connectivity index (χ0) is 21.8. The highest BCUT2D eigenvalue weighted by molar-refractivity contribution is 6.04. The maximum absolute atomic E-state index is 12.8. The van der Waals surface area contributed by atoms with Gasteiger partial charge in [0.15, 0.2) is 0 Å². The van der Waals surface area contributed by atoms with Crippen molar-refractivity contribution in [1.82, 2.24) is 4.90 Å². The monoisotopic (exact) mass is 407 g/mol. The highest BCUT2D eigenvalue weighted by Crippen LogP contribution is 2.33. The number of carbonyl (C=O) groups is 3. The highest BCUT2D eigenvalue weighted by Gasteiger charge is 2.36. The van der Waals surface area contributed by atoms with Crippen LogP contribution < -0.4 is 10.2 Å². The maximum Gasteiger partial charge on any atom is 0.253 e. The first kappa shape index (κ1) is 21.6. The number of hydrogen-bond acceptors (Lipinski definition) is 3. The average Bonchev–Trinajstić information content (AvgIpc) is 3.14. The van der Waals surface area contributed by atoms with Gasteiger partial charge >= 0.3 is 0 Å². The Bertz CT molecular complexity index is 937. The van der Waals surface area contributed by atoms with Crippen LogP contribution in [0.5, 0.6) is 0 Å². The largest absolute Gasteiger partial charge is 0.345 e. The molecule has 0 aromatic heterocycles. The normalized spacial score (nSPS) is 17.0. The van der Waals surface area contributed by atoms with Crippen LogP contribution in [0.2, 0.25) is 0 Å². The molecule has 1 saturated heterocycles. The number of hydrogen-bond donors (Lipinski definition) is 1. The number of benzene rings is 2. The Morgan fingerprint density at radius 1 is 1.13 bits per heavy atom. The third-order valence-corrected chi connectivity index (χ3v) is 5.67. The van der Waals surface area contributed by atoms with E-state index in [1.54, 1.807) is 43.3 Å². The molecule has 3 rings (SSSR count). The molecule has 6 heteroatoms. The second-order valence-electron chi connectivity index (χ2n) is 8.04. The summed E-state index contributed by atoms with van der Waals surface area (Å²) in [6.45, 7) is 4.64. The number of carbonyl (C=O) groups excluding carboxylic acids is 3. The lowest BCUT2D eigenvalue weighted by Crippen LogP contribution is -2.29. The molecule has 0 aliphatic carbocycles. The lowest BCUT2D eigenvalue weighted by molar-refractivity contribution is -0.122. The van der Waals surface area contributed by atoms with Gasteiger partial charge in [-0.2, -0.15) is 0 Å². The SMILES string of the molecule is CC[C@@H](C)c1ccccc1N1C[C@@H](C(=O)Nc2ccc(C(=O)N(C)C)cc2)CC1=O. The van der Waals surface area contributed by atoms with Crippen molar-refractivity contribution in [2.24, 2.45) is 5.92 Å². The van der Waals surface area contributed by atoms with Crippen LogP contribution in [-0.2, 0) is 9.59 Å². The Morgan fingerprint density at radius 2 is 1.80 bits per heavy atom. The van der Waals surface area contributed by atoms with Gasteiger partial charge in [-0.15, -0.1) is 0 Å². The van der Waals surface area contributed by atoms with Gasteiger partial charge in [0.2, 0.25) is 11.8 Å². The summed E-state index contributed by atoms with van der Waals surface area (Å²) >= 11 is 0. The van der Waals surface area contributed by atoms with Crippen molar-refractivity contribution in [3.63, 3.8) is 0 Å². The third-order valence-electron chi connectivity index (χ3n) is 5.67. The van der Waals surface area contributed by atoms with Crippen molar-refractivity contribution in [2.75, 3.05) is 30.9 Å². The lowest BCUT2D eigenvalue weighted by atomic mass is 9.96. The molecule has 1 aliphatic heterocycles. The van der Waals surface area contributed by atoms with E-state index >= 15 is 0 Å². The van der Waals surface area contributed by atoms with Gasteiger partial charge in [-0.05, 0) is 48.2 Å². The standard InChI is InChI=1S/C24H29N3O3/c1-5-16(2)20-8-6-7-9-21(20)27-15-18(14-22(27)28)23(29)25-19-12-10-17(11-13-19)24(30)26(3)4/h6-13,16,18H,5,14-15H2,1-4H3,(H,25,29)/t16-,18+/m1/s1. The zero-order valence-corrected chi connectivity index (χ0v) is 18.0. The molecule has 2 atom stereocenters. The molecular formula is C24H29N3O3. The topological polar surface area (TPSA) is 69.7 Å². The van der Waals surface area contributed by atoms with E-state index in [1.807, 2.05) is 18.2 Å². The molecule has 3 amide bonds. The molecule has 30 heavy (non-hydrogen) atoms. The van der Waals surface area contributed by atoms with E-state index in [0.29, 0.717) is 23.7 Å². The highest BCUT2D eigenvalue weighted by atomic mass is 16.2. The molecule has 1 N–H and O–H groups in total. The van der Waals surface area contributed by atoms with E-state index in [1.165, 1.54) is 4.90 Å². The fourth-order valence-electron chi connectivity index (χ4n) is 3.68. The number of anilines is 2. The number of nitrogens with zero attached hydrogens (tertiary/aromatic N) is 2. The van der Waals surface area contributed by atoms with Crippen LogP contribution in [0.25, 0.3) is 0 Å². The van der Waals surface area contributed by atoms with Gasteiger partial charge in [-0.1, -0.05) is 32.0 Å². The number of nitrogens with one attached hydrogen (secondary N) is 1. The van der Waals surface area contributed by atoms with E-state index in [9.17, 15) is 14.4 Å². The molecule has 2 aromatic carbocycles. The average molecular weight is 408 g/mol. The predicted octanol–water partition coefficient (Wildman–Crippen LogP) is 3.89. The fourth-order valence-corrected chi connectivity index (χ4v) is 3.68. The van der Waals surface area contributed by atoms with Gasteiger partial charge in [0, 0.05) is 44.0 Å². The fraction of sp³-hybridized carbons (Fsp3) is 0.375. The van der Waals surface area contributed by atoms with Gasteiger partial charge in [0.1, 0.15) is 0 Å². The predicted molar refractivity (Wildman–Crippen MR) is 119 cm³/mol. The molecule has 1 fully saturated rings. The summed E-state index contributed by atoms with van der Waals surface area (Å²) < 4.78 is 0. The maximum atomic E-state index is 12.8. The summed E-state index contributed by atoms with van der Waals surface area (Å²) in [4.78, 5) is 40.7. The minimum atomic E-state index is -0.412. The summed E-state index contributed by atoms with van der Waals surface area (Å²) in [5, 5.41) is 2.88. The van der Waals surface area contributed by atoms with Crippen LogP contribution in [0.3, 0.4) is 0 Å². The van der Waals surface area contributed by atoms with Crippen LogP contribution in [0, 0.1) is 5.92 Å². The van der Waals surface area contributed by atoms with Crippen molar-refractivity contribution >= 4 is 29.1 Å². The van der Waals surface area contributed by atoms with Crippen molar-refractivity contribution in [1.29, 1.82) is 0 Å². The van der Waals surface area contributed by atoms with Crippen molar-refractivity contribution < 1.29 is 14.4 Å². The van der Waals surface area contributed by atoms with Gasteiger partial charge in [-0.3, -0.25) is 14.4 Å². The summed E-state index contributed by atoms with van der Waals surface area (Å²) in [5.74, 6) is -0.378. The molecule has 158 valence electrons. The Hall–Kier alpha value is -3.15. The Morgan fingerprint density at radius 3 is 2.43 bits per heavy atom. The molecule has 0 spiro atoms. The molecular weight excluding hydrogens is 378 g/mol. The Labute approximate surface area is 177 Å². The van der Waals surface area contributed by atoms with Gasteiger partial charge < -0.3 is 15.1 Å². The molecule has 0 radical (unpaired) electrons. The van der Waals surface area contributed by atoms with Crippen molar-refractivity contribution in [3.8, 4) is 0 Å². The third kappa shape index (κ3) is 4.53. The van der Waals surface area contributed by atoms with E-state index < -0.39 is 5.92 Å². The summed E-state index contributed by atoms with van der Waals surface area (Å²) in [5.41, 5.74) is 3.21. The van der Waals surface area contributed by atoms with Gasteiger partial charge in [0.05, 0.1) is 5.92 Å². The zero-order valence-electron chi connectivity index (χ0n) is 18.0. The van der Waals surface area contributed by atoms with Crippen LogP contribution in [0.15, 0.2) is 48.5 Å². The van der Waals surface area contributed by atoms with Crippen LogP contribution in [0.4, 0.5) is 11.4 Å². The first-order chi connectivity index (χ1) is 14.3. The van der Waals surface area contributed by atoms with Crippen LogP contribution in [0.1, 0.15) is 48.5 Å². The smallest absolute Gasteiger partial charge is 0.253 e. The quantitative estimate of drug-likeness (QED) is 0.790. The Kier molecular flexibility index (Phi) is 6.55. The summed E-state index contributed by atoms with van der Waals surface area (Å²) in [6, 6.07) is 14.7. The van der Waals surface area contributed by atoms with Gasteiger partial charge in [0.25, 0.3) is 5.91 Å². The molecule has 1 aliphatic rings. The van der Waals surface area contributed by atoms with Gasteiger partial charge in [-0.25, -0.2) is 0 Å². The Balaban J connectivity index is 1.70. The molecule has 0 unspecified atom stereocenters. The van der Waals surface area contributed by atoms with E-state index in [2.05, 4.69) is 25.2 Å². The number of para-hydroxylation sites is 1. The second-order valence-corrected chi connectivity index (χ2v) is 8.04. The number of amides is 3. The lowest BCUT2D eigenvalue weighted by Gasteiger charge is -2.23. The molecule has 6 nitrogen and oxygen atoms in total. The molecule has 1 heterocycles. The van der Waals surface area contributed by atoms with E-state index in [4.69, 9.17) is 0 Å². The summed E-state index contributed by atoms with van der Waals surface area (Å²) in [7, 11) is 3.39. The van der Waals surface area contributed by atoms with E-state index in [0.717, 1.165) is 17.7 Å². The minimum absolute atomic E-state index is 0.0298. The first-order valence-corrected chi connectivity index (χ1v) is 10.3. The molecule has 0 saturated carbocycles. The van der Waals surface area contributed by atoms with Crippen molar-refractivity contribution in [2.45, 2.75) is 32.6 Å². The summed E-state index contributed by atoms with van der Waals surface area (Å²) in [6.07, 6.45) is 1.17. The minimum Gasteiger partial charge on any atom is -0.345 e.